The number of aliphatic hydroxyl groups is 1. The summed E-state index contributed by atoms with van der Waals surface area (Å²) in [6, 6.07) is 10.2. The van der Waals surface area contributed by atoms with Crippen molar-refractivity contribution < 1.29 is 19.1 Å². The van der Waals surface area contributed by atoms with E-state index < -0.39 is 6.10 Å². The fourth-order valence-electron chi connectivity index (χ4n) is 3.02. The Morgan fingerprint density at radius 2 is 2.00 bits per heavy atom. The van der Waals surface area contributed by atoms with E-state index in [1.54, 1.807) is 31.4 Å². The van der Waals surface area contributed by atoms with Crippen molar-refractivity contribution in [2.45, 2.75) is 37.5 Å². The van der Waals surface area contributed by atoms with E-state index in [4.69, 9.17) is 20.8 Å². The zero-order valence-electron chi connectivity index (χ0n) is 13.4. The van der Waals surface area contributed by atoms with Crippen molar-refractivity contribution in [3.63, 3.8) is 0 Å². The number of ether oxygens (including phenoxy) is 1. The van der Waals surface area contributed by atoms with Gasteiger partial charge in [-0.05, 0) is 55.7 Å². The zero-order valence-corrected chi connectivity index (χ0v) is 14.1. The molecule has 1 aromatic heterocycles. The lowest BCUT2D eigenvalue weighted by Crippen LogP contribution is -2.51. The van der Waals surface area contributed by atoms with Crippen LogP contribution in [0.25, 0.3) is 11.3 Å². The van der Waals surface area contributed by atoms with Gasteiger partial charge in [0.1, 0.15) is 11.9 Å². The molecule has 6 heteroatoms. The molecule has 1 amide bonds. The summed E-state index contributed by atoms with van der Waals surface area (Å²) in [6.45, 7) is 0. The van der Waals surface area contributed by atoms with Gasteiger partial charge in [-0.3, -0.25) is 4.79 Å². The topological polar surface area (TPSA) is 71.7 Å². The van der Waals surface area contributed by atoms with Crippen LogP contribution in [0.5, 0.6) is 0 Å². The fourth-order valence-corrected chi connectivity index (χ4v) is 3.15. The highest BCUT2D eigenvalue weighted by atomic mass is 35.5. The summed E-state index contributed by atoms with van der Waals surface area (Å²) in [5.41, 5.74) is 0.843. The van der Waals surface area contributed by atoms with E-state index in [9.17, 15) is 9.90 Å². The van der Waals surface area contributed by atoms with Crippen LogP contribution in [-0.2, 0) is 4.74 Å². The lowest BCUT2D eigenvalue weighted by atomic mass is 9.90. The molecular weight excluding hydrogens is 330 g/mol. The average Bonchev–Trinajstić information content (AvgIpc) is 3.07. The molecule has 0 bridgehead atoms. The van der Waals surface area contributed by atoms with E-state index in [0.717, 1.165) is 24.8 Å². The fraction of sp³-hybridized carbons (Fsp3) is 0.389. The maximum absolute atomic E-state index is 12.4. The number of rotatable bonds is 4. The molecule has 0 aliphatic heterocycles. The van der Waals surface area contributed by atoms with Gasteiger partial charge in [0.05, 0.1) is 12.1 Å². The predicted molar refractivity (Wildman–Crippen MR) is 91.1 cm³/mol. The number of aliphatic hydroxyl groups excluding tert-OH is 1. The van der Waals surface area contributed by atoms with Crippen molar-refractivity contribution in [1.29, 1.82) is 0 Å². The van der Waals surface area contributed by atoms with Gasteiger partial charge in [-0.1, -0.05) is 11.6 Å². The molecule has 0 unspecified atom stereocenters. The number of carbonyl (C=O) groups is 1. The number of halogens is 1. The standard InChI is InChI=1S/C18H20ClNO4/c1-23-15-4-2-3-13(17(15)21)20-18(22)16-10-9-14(24-16)11-5-7-12(19)8-6-11/h5-10,13,15,17,21H,2-4H2,1H3,(H,20,22)/t13-,15-,17-/m1/s1. The minimum atomic E-state index is -0.710. The molecule has 5 nitrogen and oxygen atoms in total. The van der Waals surface area contributed by atoms with Gasteiger partial charge in [-0.2, -0.15) is 0 Å². The molecule has 0 saturated heterocycles. The highest BCUT2D eigenvalue weighted by molar-refractivity contribution is 6.30. The molecule has 1 aliphatic rings. The highest BCUT2D eigenvalue weighted by Crippen LogP contribution is 2.25. The Kier molecular flexibility index (Phi) is 5.23. The molecule has 128 valence electrons. The number of nitrogens with one attached hydrogen (secondary N) is 1. The van der Waals surface area contributed by atoms with Crippen molar-refractivity contribution >= 4 is 17.5 Å². The Bertz CT molecular complexity index is 697. The first-order valence-electron chi connectivity index (χ1n) is 7.96. The third-order valence-electron chi connectivity index (χ3n) is 4.37. The summed E-state index contributed by atoms with van der Waals surface area (Å²) < 4.78 is 10.9. The van der Waals surface area contributed by atoms with E-state index in [2.05, 4.69) is 5.32 Å². The molecule has 1 aliphatic carbocycles. The minimum Gasteiger partial charge on any atom is -0.451 e. The molecule has 0 spiro atoms. The Morgan fingerprint density at radius 1 is 1.25 bits per heavy atom. The van der Waals surface area contributed by atoms with Crippen LogP contribution in [0.15, 0.2) is 40.8 Å². The van der Waals surface area contributed by atoms with Crippen LogP contribution in [0, 0.1) is 0 Å². The van der Waals surface area contributed by atoms with Gasteiger partial charge in [0.15, 0.2) is 5.76 Å². The van der Waals surface area contributed by atoms with Gasteiger partial charge < -0.3 is 19.6 Å². The van der Waals surface area contributed by atoms with Gasteiger partial charge in [0.2, 0.25) is 0 Å². The SMILES string of the molecule is CO[C@@H]1CCC[C@@H](NC(=O)c2ccc(-c3ccc(Cl)cc3)o2)[C@H]1O. The number of benzene rings is 1. The first-order chi connectivity index (χ1) is 11.6. The lowest BCUT2D eigenvalue weighted by Gasteiger charge is -2.34. The quantitative estimate of drug-likeness (QED) is 0.888. The molecule has 3 rings (SSSR count). The summed E-state index contributed by atoms with van der Waals surface area (Å²) in [6.07, 6.45) is 1.46. The van der Waals surface area contributed by atoms with Crippen LogP contribution in [0.3, 0.4) is 0 Å². The van der Waals surface area contributed by atoms with Gasteiger partial charge in [-0.15, -0.1) is 0 Å². The Hall–Kier alpha value is -1.82. The van der Waals surface area contributed by atoms with E-state index in [1.165, 1.54) is 0 Å². The monoisotopic (exact) mass is 349 g/mol. The molecular formula is C18H20ClNO4. The normalized spacial score (nSPS) is 23.9. The van der Waals surface area contributed by atoms with Crippen molar-refractivity contribution in [3.8, 4) is 11.3 Å². The number of hydrogen-bond acceptors (Lipinski definition) is 4. The molecule has 24 heavy (non-hydrogen) atoms. The van der Waals surface area contributed by atoms with E-state index in [0.29, 0.717) is 10.8 Å². The Morgan fingerprint density at radius 3 is 2.71 bits per heavy atom. The second kappa shape index (κ2) is 7.38. The summed E-state index contributed by atoms with van der Waals surface area (Å²) in [7, 11) is 1.57. The average molecular weight is 350 g/mol. The minimum absolute atomic E-state index is 0.215. The summed E-state index contributed by atoms with van der Waals surface area (Å²) >= 11 is 5.87. The second-order valence-corrected chi connectivity index (χ2v) is 6.38. The van der Waals surface area contributed by atoms with Gasteiger partial charge in [0, 0.05) is 17.7 Å². The summed E-state index contributed by atoms with van der Waals surface area (Å²) in [5.74, 6) is 0.471. The molecule has 1 aromatic carbocycles. The Labute approximate surface area is 145 Å². The van der Waals surface area contributed by atoms with Crippen molar-refractivity contribution in [2.24, 2.45) is 0 Å². The number of methoxy groups -OCH3 is 1. The highest BCUT2D eigenvalue weighted by Gasteiger charge is 2.33. The van der Waals surface area contributed by atoms with E-state index in [-0.39, 0.29) is 23.8 Å². The van der Waals surface area contributed by atoms with Crippen LogP contribution in [0.2, 0.25) is 5.02 Å². The van der Waals surface area contributed by atoms with Crippen LogP contribution >= 0.6 is 11.6 Å². The van der Waals surface area contributed by atoms with Crippen molar-refractivity contribution in [3.05, 3.63) is 47.2 Å². The molecule has 2 N–H and O–H groups in total. The van der Waals surface area contributed by atoms with Gasteiger partial charge >= 0.3 is 0 Å². The molecule has 1 heterocycles. The number of furan rings is 1. The van der Waals surface area contributed by atoms with Crippen molar-refractivity contribution in [1.82, 2.24) is 5.32 Å². The van der Waals surface area contributed by atoms with E-state index in [1.807, 2.05) is 12.1 Å². The molecule has 3 atom stereocenters. The number of amides is 1. The van der Waals surface area contributed by atoms with Crippen LogP contribution in [-0.4, -0.2) is 36.4 Å². The third-order valence-corrected chi connectivity index (χ3v) is 4.63. The lowest BCUT2D eigenvalue weighted by molar-refractivity contribution is -0.0514. The number of hydrogen-bond donors (Lipinski definition) is 2. The predicted octanol–water partition coefficient (Wildman–Crippen LogP) is 3.26. The van der Waals surface area contributed by atoms with Crippen LogP contribution in [0.1, 0.15) is 29.8 Å². The Balaban J connectivity index is 1.68. The largest absolute Gasteiger partial charge is 0.451 e. The van der Waals surface area contributed by atoms with Gasteiger partial charge in [-0.25, -0.2) is 0 Å². The molecule has 1 fully saturated rings. The second-order valence-electron chi connectivity index (χ2n) is 5.95. The zero-order chi connectivity index (χ0) is 17.1. The van der Waals surface area contributed by atoms with Gasteiger partial charge in [0.25, 0.3) is 5.91 Å². The number of carbonyl (C=O) groups excluding carboxylic acids is 1. The van der Waals surface area contributed by atoms with Crippen LogP contribution in [0.4, 0.5) is 0 Å². The summed E-state index contributed by atoms with van der Waals surface area (Å²) in [5, 5.41) is 13.7. The van der Waals surface area contributed by atoms with Crippen molar-refractivity contribution in [2.75, 3.05) is 7.11 Å². The maximum atomic E-state index is 12.4. The summed E-state index contributed by atoms with van der Waals surface area (Å²) in [4.78, 5) is 12.4. The first-order valence-corrected chi connectivity index (χ1v) is 8.34. The third kappa shape index (κ3) is 3.64. The molecule has 2 aromatic rings. The molecule has 1 saturated carbocycles. The smallest absolute Gasteiger partial charge is 0.287 e. The maximum Gasteiger partial charge on any atom is 0.287 e. The molecule has 0 radical (unpaired) electrons. The van der Waals surface area contributed by atoms with E-state index >= 15 is 0 Å². The first kappa shape index (κ1) is 17.0. The van der Waals surface area contributed by atoms with Crippen LogP contribution < -0.4 is 5.32 Å².